The van der Waals surface area contributed by atoms with Crippen LogP contribution in [0.5, 0.6) is 5.75 Å². The number of methoxy groups -OCH3 is 1. The fraction of sp³-hybridized carbons (Fsp3) is 0.133. The molecule has 2 aromatic carbocycles. The third kappa shape index (κ3) is 3.99. The summed E-state index contributed by atoms with van der Waals surface area (Å²) in [5.74, 6) is 0.672. The van der Waals surface area contributed by atoms with Crippen molar-refractivity contribution < 1.29 is 9.53 Å². The number of halogens is 1. The van der Waals surface area contributed by atoms with Gasteiger partial charge in [0.1, 0.15) is 5.75 Å². The number of benzene rings is 2. The van der Waals surface area contributed by atoms with Gasteiger partial charge in [0, 0.05) is 18.3 Å². The average molecular weight is 335 g/mol. The standard InChI is InChI=1S/C15H15BrN2O2/c1-20-14-9-12(7-8-13(14)16)18-15(19)17-10-11-5-3-2-4-6-11/h2-9H,10H2,1H3,(H2,17,18,19). The van der Waals surface area contributed by atoms with Crippen molar-refractivity contribution in [1.82, 2.24) is 5.32 Å². The number of anilines is 1. The zero-order valence-corrected chi connectivity index (χ0v) is 12.6. The first kappa shape index (κ1) is 14.4. The van der Waals surface area contributed by atoms with E-state index in [9.17, 15) is 4.79 Å². The fourth-order valence-corrected chi connectivity index (χ4v) is 2.10. The van der Waals surface area contributed by atoms with E-state index in [2.05, 4.69) is 26.6 Å². The van der Waals surface area contributed by atoms with Gasteiger partial charge in [-0.25, -0.2) is 4.79 Å². The molecule has 0 saturated carbocycles. The Hall–Kier alpha value is -2.01. The van der Waals surface area contributed by atoms with Crippen LogP contribution in [-0.4, -0.2) is 13.1 Å². The molecular weight excluding hydrogens is 320 g/mol. The van der Waals surface area contributed by atoms with Crippen molar-refractivity contribution in [3.63, 3.8) is 0 Å². The van der Waals surface area contributed by atoms with Crippen LogP contribution in [0.3, 0.4) is 0 Å². The highest BCUT2D eigenvalue weighted by Crippen LogP contribution is 2.27. The summed E-state index contributed by atoms with van der Waals surface area (Å²) >= 11 is 3.36. The fourth-order valence-electron chi connectivity index (χ4n) is 1.69. The van der Waals surface area contributed by atoms with Crippen LogP contribution in [0.2, 0.25) is 0 Å². The molecule has 0 atom stereocenters. The van der Waals surface area contributed by atoms with Gasteiger partial charge in [-0.15, -0.1) is 0 Å². The molecule has 0 fully saturated rings. The molecule has 2 amide bonds. The molecular formula is C15H15BrN2O2. The third-order valence-corrected chi connectivity index (χ3v) is 3.36. The van der Waals surface area contributed by atoms with Gasteiger partial charge in [-0.05, 0) is 33.6 Å². The Bertz CT molecular complexity index is 588. The third-order valence-electron chi connectivity index (χ3n) is 2.70. The number of urea groups is 1. The predicted octanol–water partition coefficient (Wildman–Crippen LogP) is 3.78. The van der Waals surface area contributed by atoms with Crippen LogP contribution in [0.1, 0.15) is 5.56 Å². The predicted molar refractivity (Wildman–Crippen MR) is 83.0 cm³/mol. The van der Waals surface area contributed by atoms with E-state index in [1.165, 1.54) is 0 Å². The van der Waals surface area contributed by atoms with E-state index in [-0.39, 0.29) is 6.03 Å². The lowest BCUT2D eigenvalue weighted by atomic mass is 10.2. The minimum absolute atomic E-state index is 0.252. The van der Waals surface area contributed by atoms with Crippen LogP contribution in [0, 0.1) is 0 Å². The average Bonchev–Trinajstić information content (AvgIpc) is 2.48. The van der Waals surface area contributed by atoms with Crippen LogP contribution in [0.4, 0.5) is 10.5 Å². The molecule has 0 aliphatic carbocycles. The Kier molecular flexibility index (Phi) is 5.01. The topological polar surface area (TPSA) is 50.4 Å². The summed E-state index contributed by atoms with van der Waals surface area (Å²) in [6.45, 7) is 0.486. The van der Waals surface area contributed by atoms with Gasteiger partial charge in [-0.1, -0.05) is 30.3 Å². The first-order valence-corrected chi connectivity index (χ1v) is 6.90. The zero-order valence-electron chi connectivity index (χ0n) is 11.0. The monoisotopic (exact) mass is 334 g/mol. The van der Waals surface area contributed by atoms with Crippen molar-refractivity contribution in [3.8, 4) is 5.75 Å². The van der Waals surface area contributed by atoms with E-state index in [4.69, 9.17) is 4.74 Å². The number of carbonyl (C=O) groups excluding carboxylic acids is 1. The lowest BCUT2D eigenvalue weighted by Crippen LogP contribution is -2.28. The Morgan fingerprint density at radius 1 is 1.20 bits per heavy atom. The summed E-state index contributed by atoms with van der Waals surface area (Å²) in [4.78, 5) is 11.8. The normalized spacial score (nSPS) is 9.90. The molecule has 0 aliphatic heterocycles. The number of rotatable bonds is 4. The van der Waals surface area contributed by atoms with E-state index in [0.29, 0.717) is 18.0 Å². The van der Waals surface area contributed by atoms with Crippen molar-refractivity contribution in [2.45, 2.75) is 6.54 Å². The van der Waals surface area contributed by atoms with Crippen LogP contribution in [-0.2, 0) is 6.54 Å². The molecule has 0 saturated heterocycles. The highest BCUT2D eigenvalue weighted by Gasteiger charge is 2.05. The molecule has 0 aliphatic rings. The van der Waals surface area contributed by atoms with E-state index in [1.54, 1.807) is 19.2 Å². The Balaban J connectivity index is 1.91. The second kappa shape index (κ2) is 6.96. The van der Waals surface area contributed by atoms with E-state index in [1.807, 2.05) is 36.4 Å². The lowest BCUT2D eigenvalue weighted by molar-refractivity contribution is 0.251. The molecule has 0 heterocycles. The Morgan fingerprint density at radius 2 is 1.95 bits per heavy atom. The van der Waals surface area contributed by atoms with Crippen LogP contribution >= 0.6 is 15.9 Å². The van der Waals surface area contributed by atoms with Gasteiger partial charge < -0.3 is 15.4 Å². The quantitative estimate of drug-likeness (QED) is 0.893. The van der Waals surface area contributed by atoms with Crippen molar-refractivity contribution in [3.05, 3.63) is 58.6 Å². The maximum atomic E-state index is 11.8. The summed E-state index contributed by atoms with van der Waals surface area (Å²) < 4.78 is 6.02. The number of amides is 2. The summed E-state index contributed by atoms with van der Waals surface area (Å²) in [7, 11) is 1.58. The van der Waals surface area contributed by atoms with Gasteiger partial charge in [-0.2, -0.15) is 0 Å². The highest BCUT2D eigenvalue weighted by molar-refractivity contribution is 9.10. The van der Waals surface area contributed by atoms with Crippen LogP contribution in [0.25, 0.3) is 0 Å². The van der Waals surface area contributed by atoms with E-state index < -0.39 is 0 Å². The number of carbonyl (C=O) groups is 1. The first-order chi connectivity index (χ1) is 9.69. The highest BCUT2D eigenvalue weighted by atomic mass is 79.9. The Morgan fingerprint density at radius 3 is 2.65 bits per heavy atom. The molecule has 0 aromatic heterocycles. The maximum Gasteiger partial charge on any atom is 0.319 e. The van der Waals surface area contributed by atoms with Crippen LogP contribution < -0.4 is 15.4 Å². The minimum atomic E-state index is -0.252. The van der Waals surface area contributed by atoms with Gasteiger partial charge in [0.05, 0.1) is 11.6 Å². The molecule has 4 nitrogen and oxygen atoms in total. The SMILES string of the molecule is COc1cc(NC(=O)NCc2ccccc2)ccc1Br. The summed E-state index contributed by atoms with van der Waals surface area (Å²) in [5, 5.41) is 5.56. The molecule has 2 N–H and O–H groups in total. The van der Waals surface area contributed by atoms with Crippen molar-refractivity contribution in [2.24, 2.45) is 0 Å². The number of hydrogen-bond acceptors (Lipinski definition) is 2. The van der Waals surface area contributed by atoms with Gasteiger partial charge in [0.25, 0.3) is 0 Å². The van der Waals surface area contributed by atoms with Gasteiger partial charge in [0.15, 0.2) is 0 Å². The smallest absolute Gasteiger partial charge is 0.319 e. The zero-order chi connectivity index (χ0) is 14.4. The molecule has 2 aromatic rings. The molecule has 0 radical (unpaired) electrons. The second-order valence-corrected chi connectivity index (χ2v) is 5.00. The van der Waals surface area contributed by atoms with Crippen molar-refractivity contribution in [1.29, 1.82) is 0 Å². The second-order valence-electron chi connectivity index (χ2n) is 4.14. The van der Waals surface area contributed by atoms with E-state index >= 15 is 0 Å². The summed E-state index contributed by atoms with van der Waals surface area (Å²) in [6.07, 6.45) is 0. The summed E-state index contributed by atoms with van der Waals surface area (Å²) in [5.41, 5.74) is 1.73. The van der Waals surface area contributed by atoms with Crippen molar-refractivity contribution in [2.75, 3.05) is 12.4 Å². The molecule has 20 heavy (non-hydrogen) atoms. The first-order valence-electron chi connectivity index (χ1n) is 6.11. The van der Waals surface area contributed by atoms with Crippen molar-refractivity contribution >= 4 is 27.6 Å². The minimum Gasteiger partial charge on any atom is -0.495 e. The van der Waals surface area contributed by atoms with E-state index in [0.717, 1.165) is 10.0 Å². The van der Waals surface area contributed by atoms with Gasteiger partial charge in [0.2, 0.25) is 0 Å². The lowest BCUT2D eigenvalue weighted by Gasteiger charge is -2.10. The molecule has 0 spiro atoms. The summed E-state index contributed by atoms with van der Waals surface area (Å²) in [6, 6.07) is 14.9. The number of ether oxygens (including phenoxy) is 1. The molecule has 0 unspecified atom stereocenters. The molecule has 104 valence electrons. The number of hydrogen-bond donors (Lipinski definition) is 2. The Labute approximate surface area is 126 Å². The maximum absolute atomic E-state index is 11.8. The molecule has 2 rings (SSSR count). The van der Waals surface area contributed by atoms with Gasteiger partial charge >= 0.3 is 6.03 Å². The molecule has 0 bridgehead atoms. The number of nitrogens with one attached hydrogen (secondary N) is 2. The van der Waals surface area contributed by atoms with Crippen LogP contribution in [0.15, 0.2) is 53.0 Å². The molecule has 5 heteroatoms. The largest absolute Gasteiger partial charge is 0.495 e. The van der Waals surface area contributed by atoms with Gasteiger partial charge in [-0.3, -0.25) is 0 Å².